The van der Waals surface area contributed by atoms with Gasteiger partial charge in [0.25, 0.3) is 5.91 Å². The number of anilines is 1. The van der Waals surface area contributed by atoms with Crippen molar-refractivity contribution in [2.45, 2.75) is 6.92 Å². The van der Waals surface area contributed by atoms with Crippen LogP contribution in [-0.2, 0) is 0 Å². The number of carbonyl (C=O) groups is 1. The van der Waals surface area contributed by atoms with E-state index in [1.54, 1.807) is 31.3 Å². The van der Waals surface area contributed by atoms with Crippen LogP contribution in [0.1, 0.15) is 21.6 Å². The van der Waals surface area contributed by atoms with Gasteiger partial charge in [-0.3, -0.25) is 9.78 Å². The number of halogens is 1. The zero-order chi connectivity index (χ0) is 15.2. The second kappa shape index (κ2) is 6.64. The number of pyridine rings is 1. The average Bonchev–Trinajstić information content (AvgIpc) is 2.47. The molecule has 0 fully saturated rings. The first-order chi connectivity index (χ1) is 10.1. The molecule has 0 saturated carbocycles. The fourth-order valence-electron chi connectivity index (χ4n) is 1.76. The van der Waals surface area contributed by atoms with Crippen molar-refractivity contribution in [1.82, 2.24) is 4.98 Å². The van der Waals surface area contributed by atoms with E-state index < -0.39 is 5.82 Å². The van der Waals surface area contributed by atoms with Crippen LogP contribution in [0, 0.1) is 24.6 Å². The van der Waals surface area contributed by atoms with Gasteiger partial charge >= 0.3 is 0 Å². The van der Waals surface area contributed by atoms with E-state index in [0.717, 1.165) is 0 Å². The number of benzene rings is 1. The van der Waals surface area contributed by atoms with Gasteiger partial charge in [0.15, 0.2) is 0 Å². The molecular weight excluding hydrogens is 269 g/mol. The number of carbonyl (C=O) groups excluding carboxylic acids is 1. The Kier molecular flexibility index (Phi) is 4.64. The Labute approximate surface area is 122 Å². The summed E-state index contributed by atoms with van der Waals surface area (Å²) in [5, 5.41) is 2.63. The highest BCUT2D eigenvalue weighted by Gasteiger charge is 2.10. The molecule has 2 aromatic rings. The van der Waals surface area contributed by atoms with Crippen molar-refractivity contribution in [3.63, 3.8) is 0 Å². The molecule has 21 heavy (non-hydrogen) atoms. The van der Waals surface area contributed by atoms with Crippen LogP contribution in [0.4, 0.5) is 10.1 Å². The quantitative estimate of drug-likeness (QED) is 0.829. The van der Waals surface area contributed by atoms with Crippen LogP contribution in [0.3, 0.4) is 0 Å². The second-order valence-electron chi connectivity index (χ2n) is 4.29. The number of nitrogens with one attached hydrogen (secondary N) is 1. The molecule has 0 aliphatic heterocycles. The zero-order valence-corrected chi connectivity index (χ0v) is 11.5. The Morgan fingerprint density at radius 1 is 1.43 bits per heavy atom. The average molecular weight is 283 g/mol. The van der Waals surface area contributed by atoms with Gasteiger partial charge in [-0.25, -0.2) is 4.39 Å². The van der Waals surface area contributed by atoms with Gasteiger partial charge in [-0.1, -0.05) is 11.8 Å². The second-order valence-corrected chi connectivity index (χ2v) is 4.29. The van der Waals surface area contributed by atoms with Crippen molar-refractivity contribution in [1.29, 1.82) is 0 Å². The van der Waals surface area contributed by atoms with Crippen molar-refractivity contribution in [2.24, 2.45) is 5.73 Å². The smallest absolute Gasteiger partial charge is 0.257 e. The van der Waals surface area contributed by atoms with E-state index in [1.807, 2.05) is 0 Å². The summed E-state index contributed by atoms with van der Waals surface area (Å²) in [5.41, 5.74) is 6.91. The maximum Gasteiger partial charge on any atom is 0.257 e. The number of amides is 1. The van der Waals surface area contributed by atoms with Gasteiger partial charge in [0, 0.05) is 17.6 Å². The summed E-state index contributed by atoms with van der Waals surface area (Å²) < 4.78 is 13.8. The van der Waals surface area contributed by atoms with Crippen LogP contribution >= 0.6 is 0 Å². The molecule has 1 aromatic carbocycles. The molecule has 4 nitrogen and oxygen atoms in total. The third kappa shape index (κ3) is 3.65. The van der Waals surface area contributed by atoms with Crippen LogP contribution in [0.15, 0.2) is 36.5 Å². The topological polar surface area (TPSA) is 68.0 Å². The van der Waals surface area contributed by atoms with Gasteiger partial charge in [-0.05, 0) is 37.3 Å². The molecule has 0 bridgehead atoms. The molecule has 1 amide bonds. The summed E-state index contributed by atoms with van der Waals surface area (Å²) in [4.78, 5) is 16.1. The van der Waals surface area contributed by atoms with Crippen molar-refractivity contribution in [3.05, 3.63) is 59.2 Å². The molecule has 0 aliphatic carbocycles. The first-order valence-corrected chi connectivity index (χ1v) is 6.33. The van der Waals surface area contributed by atoms with E-state index in [4.69, 9.17) is 5.73 Å². The molecule has 0 atom stereocenters. The third-order valence-electron chi connectivity index (χ3n) is 2.80. The molecule has 0 unspecified atom stereocenters. The van der Waals surface area contributed by atoms with Crippen LogP contribution in [-0.4, -0.2) is 17.4 Å². The summed E-state index contributed by atoms with van der Waals surface area (Å²) in [5.74, 6) is 4.37. The first-order valence-electron chi connectivity index (χ1n) is 6.33. The Morgan fingerprint density at radius 3 is 2.90 bits per heavy atom. The van der Waals surface area contributed by atoms with Gasteiger partial charge in [0.2, 0.25) is 0 Å². The van der Waals surface area contributed by atoms with E-state index in [9.17, 15) is 9.18 Å². The van der Waals surface area contributed by atoms with Gasteiger partial charge < -0.3 is 11.1 Å². The molecule has 2 rings (SSSR count). The lowest BCUT2D eigenvalue weighted by Crippen LogP contribution is -2.14. The van der Waals surface area contributed by atoms with Gasteiger partial charge in [-0.2, -0.15) is 0 Å². The van der Waals surface area contributed by atoms with Gasteiger partial charge in [-0.15, -0.1) is 0 Å². The number of hydrogen-bond acceptors (Lipinski definition) is 3. The minimum absolute atomic E-state index is 0.165. The number of aromatic nitrogens is 1. The molecule has 1 aromatic heterocycles. The summed E-state index contributed by atoms with van der Waals surface area (Å²) in [6.07, 6.45) is 1.61. The standard InChI is InChI=1S/C16H14FN3O/c1-11-14(5-3-9-19-11)16(21)20-13-7-6-12(4-2-8-18)15(17)10-13/h3,5-7,9-10H,8,18H2,1H3,(H,20,21). The maximum atomic E-state index is 13.8. The van der Waals surface area contributed by atoms with E-state index in [1.165, 1.54) is 12.1 Å². The summed E-state index contributed by atoms with van der Waals surface area (Å²) in [6.45, 7) is 1.90. The van der Waals surface area contributed by atoms with Gasteiger partial charge in [0.05, 0.1) is 17.7 Å². The van der Waals surface area contributed by atoms with Gasteiger partial charge in [0.1, 0.15) is 5.82 Å². The minimum Gasteiger partial charge on any atom is -0.322 e. The molecular formula is C16H14FN3O. The molecule has 0 spiro atoms. The maximum absolute atomic E-state index is 13.8. The molecule has 3 N–H and O–H groups in total. The molecule has 0 aliphatic rings. The predicted octanol–water partition coefficient (Wildman–Crippen LogP) is 2.09. The fourth-order valence-corrected chi connectivity index (χ4v) is 1.76. The SMILES string of the molecule is Cc1ncccc1C(=O)Nc1ccc(C#CCN)c(F)c1. The monoisotopic (exact) mass is 283 g/mol. The van der Waals surface area contributed by atoms with E-state index in [2.05, 4.69) is 22.1 Å². The lowest BCUT2D eigenvalue weighted by Gasteiger charge is -2.07. The molecule has 0 radical (unpaired) electrons. The van der Waals surface area contributed by atoms with E-state index >= 15 is 0 Å². The number of hydrogen-bond donors (Lipinski definition) is 2. The zero-order valence-electron chi connectivity index (χ0n) is 11.5. The van der Waals surface area contributed by atoms with Crippen molar-refractivity contribution >= 4 is 11.6 Å². The molecule has 5 heteroatoms. The fraction of sp³-hybridized carbons (Fsp3) is 0.125. The molecule has 106 valence electrons. The van der Waals surface area contributed by atoms with Crippen LogP contribution in [0.5, 0.6) is 0 Å². The van der Waals surface area contributed by atoms with Crippen LogP contribution in [0.25, 0.3) is 0 Å². The molecule has 0 saturated heterocycles. The normalized spacial score (nSPS) is 9.67. The predicted molar refractivity (Wildman–Crippen MR) is 79.3 cm³/mol. The Hall–Kier alpha value is -2.71. The number of nitrogens with two attached hydrogens (primary N) is 1. The highest BCUT2D eigenvalue weighted by Crippen LogP contribution is 2.15. The lowest BCUT2D eigenvalue weighted by molar-refractivity contribution is 0.102. The lowest BCUT2D eigenvalue weighted by atomic mass is 10.1. The van der Waals surface area contributed by atoms with Crippen molar-refractivity contribution in [3.8, 4) is 11.8 Å². The van der Waals surface area contributed by atoms with Crippen LogP contribution in [0.2, 0.25) is 0 Å². The number of nitrogens with zero attached hydrogens (tertiary/aromatic N) is 1. The minimum atomic E-state index is -0.503. The first kappa shape index (κ1) is 14.7. The van der Waals surface area contributed by atoms with E-state index in [-0.39, 0.29) is 18.0 Å². The Morgan fingerprint density at radius 2 is 2.24 bits per heavy atom. The van der Waals surface area contributed by atoms with Crippen LogP contribution < -0.4 is 11.1 Å². The number of aryl methyl sites for hydroxylation is 1. The van der Waals surface area contributed by atoms with Crippen molar-refractivity contribution in [2.75, 3.05) is 11.9 Å². The van der Waals surface area contributed by atoms with Crippen molar-refractivity contribution < 1.29 is 9.18 Å². The Balaban J connectivity index is 2.19. The van der Waals surface area contributed by atoms with E-state index in [0.29, 0.717) is 16.9 Å². The number of rotatable bonds is 2. The highest BCUT2D eigenvalue weighted by molar-refractivity contribution is 6.04. The summed E-state index contributed by atoms with van der Waals surface area (Å²) in [7, 11) is 0. The Bertz CT molecular complexity index is 732. The molecule has 1 heterocycles. The summed E-state index contributed by atoms with van der Waals surface area (Å²) in [6, 6.07) is 7.66. The largest absolute Gasteiger partial charge is 0.322 e. The third-order valence-corrected chi connectivity index (χ3v) is 2.80. The highest BCUT2D eigenvalue weighted by atomic mass is 19.1. The summed E-state index contributed by atoms with van der Waals surface area (Å²) >= 11 is 0.